The van der Waals surface area contributed by atoms with Crippen LogP contribution in [-0.4, -0.2) is 37.5 Å². The van der Waals surface area contributed by atoms with E-state index >= 15 is 0 Å². The second-order valence-electron chi connectivity index (χ2n) is 4.24. The maximum absolute atomic E-state index is 11.8. The molecule has 17 heavy (non-hydrogen) atoms. The van der Waals surface area contributed by atoms with E-state index in [0.717, 1.165) is 24.2 Å². The van der Waals surface area contributed by atoms with Crippen molar-refractivity contribution in [2.75, 3.05) is 32.0 Å². The van der Waals surface area contributed by atoms with Crippen LogP contribution in [0.15, 0.2) is 24.3 Å². The Bertz CT molecular complexity index is 365. The summed E-state index contributed by atoms with van der Waals surface area (Å²) >= 11 is 0. The van der Waals surface area contributed by atoms with Gasteiger partial charge in [-0.05, 0) is 45.1 Å². The van der Waals surface area contributed by atoms with Crippen LogP contribution in [0.4, 0.5) is 5.69 Å². The third kappa shape index (κ3) is 4.97. The van der Waals surface area contributed by atoms with E-state index in [2.05, 4.69) is 5.32 Å². The summed E-state index contributed by atoms with van der Waals surface area (Å²) in [5.41, 5.74) is 7.38. The van der Waals surface area contributed by atoms with Gasteiger partial charge in [0.15, 0.2) is 0 Å². The zero-order valence-corrected chi connectivity index (χ0v) is 10.6. The van der Waals surface area contributed by atoms with Crippen molar-refractivity contribution in [3.8, 4) is 0 Å². The minimum atomic E-state index is 0.0128. The number of rotatable bonds is 6. The summed E-state index contributed by atoms with van der Waals surface area (Å²) in [7, 11) is 1.92. The molecule has 0 heterocycles. The highest BCUT2D eigenvalue weighted by molar-refractivity contribution is 5.92. The maximum atomic E-state index is 11.8. The van der Waals surface area contributed by atoms with Crippen LogP contribution < -0.4 is 11.1 Å². The lowest BCUT2D eigenvalue weighted by Gasteiger charge is -2.16. The monoisotopic (exact) mass is 235 g/mol. The van der Waals surface area contributed by atoms with Crippen LogP contribution in [0, 0.1) is 6.92 Å². The molecule has 3 N–H and O–H groups in total. The van der Waals surface area contributed by atoms with Crippen molar-refractivity contribution < 1.29 is 4.79 Å². The molecule has 1 rings (SSSR count). The second kappa shape index (κ2) is 7.04. The fraction of sp³-hybridized carbons (Fsp3) is 0.462. The number of aryl methyl sites for hydroxylation is 1. The van der Waals surface area contributed by atoms with Gasteiger partial charge in [-0.15, -0.1) is 0 Å². The highest BCUT2D eigenvalue weighted by Crippen LogP contribution is 2.12. The normalized spacial score (nSPS) is 10.6. The number of para-hydroxylation sites is 1. The van der Waals surface area contributed by atoms with E-state index in [0.29, 0.717) is 13.1 Å². The van der Waals surface area contributed by atoms with E-state index in [1.807, 2.05) is 43.1 Å². The second-order valence-corrected chi connectivity index (χ2v) is 4.24. The van der Waals surface area contributed by atoms with Gasteiger partial charge < -0.3 is 11.1 Å². The van der Waals surface area contributed by atoms with Crippen molar-refractivity contribution in [3.63, 3.8) is 0 Å². The summed E-state index contributed by atoms with van der Waals surface area (Å²) in [6.07, 6.45) is 0.911. The molecule has 1 amide bonds. The molecule has 0 bridgehead atoms. The molecular formula is C13H21N3O. The quantitative estimate of drug-likeness (QED) is 0.779. The molecule has 0 saturated heterocycles. The van der Waals surface area contributed by atoms with Crippen molar-refractivity contribution >= 4 is 11.6 Å². The first kappa shape index (κ1) is 13.7. The van der Waals surface area contributed by atoms with Gasteiger partial charge >= 0.3 is 0 Å². The lowest BCUT2D eigenvalue weighted by atomic mass is 10.2. The molecule has 0 spiro atoms. The summed E-state index contributed by atoms with van der Waals surface area (Å²) in [4.78, 5) is 13.7. The van der Waals surface area contributed by atoms with Gasteiger partial charge in [0.05, 0.1) is 6.54 Å². The van der Waals surface area contributed by atoms with Crippen LogP contribution in [-0.2, 0) is 4.79 Å². The van der Waals surface area contributed by atoms with Gasteiger partial charge in [-0.3, -0.25) is 9.69 Å². The molecule has 94 valence electrons. The van der Waals surface area contributed by atoms with Crippen LogP contribution >= 0.6 is 0 Å². The van der Waals surface area contributed by atoms with Gasteiger partial charge in [-0.2, -0.15) is 0 Å². The molecule has 1 aromatic rings. The average molecular weight is 235 g/mol. The fourth-order valence-electron chi connectivity index (χ4n) is 1.59. The van der Waals surface area contributed by atoms with Crippen LogP contribution in [0.2, 0.25) is 0 Å². The van der Waals surface area contributed by atoms with Gasteiger partial charge in [0.25, 0.3) is 0 Å². The standard InChI is InChI=1S/C13H21N3O/c1-11-6-3-4-7-12(11)15-13(17)10-16(2)9-5-8-14/h3-4,6-7H,5,8-10,14H2,1-2H3,(H,15,17). The predicted octanol–water partition coefficient (Wildman–Crippen LogP) is 1.21. The lowest BCUT2D eigenvalue weighted by molar-refractivity contribution is -0.117. The van der Waals surface area contributed by atoms with E-state index in [1.54, 1.807) is 0 Å². The molecule has 0 aliphatic heterocycles. The number of anilines is 1. The molecule has 1 aromatic carbocycles. The number of nitrogens with zero attached hydrogens (tertiary/aromatic N) is 1. The van der Waals surface area contributed by atoms with Crippen molar-refractivity contribution in [2.45, 2.75) is 13.3 Å². The van der Waals surface area contributed by atoms with Crippen molar-refractivity contribution in [3.05, 3.63) is 29.8 Å². The Morgan fingerprint density at radius 3 is 2.76 bits per heavy atom. The van der Waals surface area contributed by atoms with E-state index in [9.17, 15) is 4.79 Å². The Morgan fingerprint density at radius 1 is 1.41 bits per heavy atom. The first-order chi connectivity index (χ1) is 8.13. The summed E-state index contributed by atoms with van der Waals surface area (Å²) in [5, 5.41) is 2.91. The molecule has 0 fully saturated rings. The van der Waals surface area contributed by atoms with E-state index in [1.165, 1.54) is 0 Å². The van der Waals surface area contributed by atoms with E-state index in [-0.39, 0.29) is 5.91 Å². The zero-order valence-electron chi connectivity index (χ0n) is 10.6. The summed E-state index contributed by atoms with van der Waals surface area (Å²) < 4.78 is 0. The molecule has 0 unspecified atom stereocenters. The largest absolute Gasteiger partial charge is 0.330 e. The van der Waals surface area contributed by atoms with Crippen molar-refractivity contribution in [1.29, 1.82) is 0 Å². The summed E-state index contributed by atoms with van der Waals surface area (Å²) in [6.45, 7) is 3.88. The number of hydrogen-bond donors (Lipinski definition) is 2. The van der Waals surface area contributed by atoms with Gasteiger partial charge in [0.1, 0.15) is 0 Å². The molecule has 4 nitrogen and oxygen atoms in total. The molecule has 0 radical (unpaired) electrons. The lowest BCUT2D eigenvalue weighted by Crippen LogP contribution is -2.31. The number of nitrogens with one attached hydrogen (secondary N) is 1. The Kier molecular flexibility index (Phi) is 5.66. The summed E-state index contributed by atoms with van der Waals surface area (Å²) in [6, 6.07) is 7.76. The Morgan fingerprint density at radius 2 is 2.12 bits per heavy atom. The fourth-order valence-corrected chi connectivity index (χ4v) is 1.59. The molecule has 0 aromatic heterocycles. The Hall–Kier alpha value is -1.39. The minimum absolute atomic E-state index is 0.0128. The van der Waals surface area contributed by atoms with Crippen LogP contribution in [0.1, 0.15) is 12.0 Å². The van der Waals surface area contributed by atoms with Gasteiger partial charge in [-0.25, -0.2) is 0 Å². The summed E-state index contributed by atoms with van der Waals surface area (Å²) in [5.74, 6) is 0.0128. The Balaban J connectivity index is 2.42. The van der Waals surface area contributed by atoms with Gasteiger partial charge in [0, 0.05) is 5.69 Å². The maximum Gasteiger partial charge on any atom is 0.238 e. The van der Waals surface area contributed by atoms with Gasteiger partial charge in [0.2, 0.25) is 5.91 Å². The molecular weight excluding hydrogens is 214 g/mol. The third-order valence-electron chi connectivity index (χ3n) is 2.58. The minimum Gasteiger partial charge on any atom is -0.330 e. The van der Waals surface area contributed by atoms with Gasteiger partial charge in [-0.1, -0.05) is 18.2 Å². The Labute approximate surface area is 103 Å². The number of benzene rings is 1. The first-order valence-corrected chi connectivity index (χ1v) is 5.87. The SMILES string of the molecule is Cc1ccccc1NC(=O)CN(C)CCCN. The molecule has 0 saturated carbocycles. The number of hydrogen-bond acceptors (Lipinski definition) is 3. The van der Waals surface area contributed by atoms with E-state index in [4.69, 9.17) is 5.73 Å². The van der Waals surface area contributed by atoms with Crippen molar-refractivity contribution in [1.82, 2.24) is 4.90 Å². The smallest absolute Gasteiger partial charge is 0.238 e. The predicted molar refractivity (Wildman–Crippen MR) is 71.0 cm³/mol. The van der Waals surface area contributed by atoms with Crippen LogP contribution in [0.3, 0.4) is 0 Å². The number of carbonyl (C=O) groups excluding carboxylic acids is 1. The van der Waals surface area contributed by atoms with Crippen molar-refractivity contribution in [2.24, 2.45) is 5.73 Å². The molecule has 0 atom stereocenters. The average Bonchev–Trinajstić information content (AvgIpc) is 2.29. The molecule has 4 heteroatoms. The van der Waals surface area contributed by atoms with Crippen LogP contribution in [0.25, 0.3) is 0 Å². The van der Waals surface area contributed by atoms with E-state index < -0.39 is 0 Å². The number of amides is 1. The molecule has 0 aliphatic rings. The number of carbonyl (C=O) groups is 1. The highest BCUT2D eigenvalue weighted by atomic mass is 16.2. The zero-order chi connectivity index (χ0) is 12.7. The third-order valence-corrected chi connectivity index (χ3v) is 2.58. The number of nitrogens with two attached hydrogens (primary N) is 1. The van der Waals surface area contributed by atoms with Crippen LogP contribution in [0.5, 0.6) is 0 Å². The first-order valence-electron chi connectivity index (χ1n) is 5.87. The highest BCUT2D eigenvalue weighted by Gasteiger charge is 2.07. The topological polar surface area (TPSA) is 58.4 Å². The number of likely N-dealkylation sites (N-methyl/N-ethyl adjacent to an activating group) is 1. The molecule has 0 aliphatic carbocycles.